The Labute approximate surface area is 83.2 Å². The van der Waals surface area contributed by atoms with Crippen LogP contribution in [0.3, 0.4) is 0 Å². The monoisotopic (exact) mass is 197 g/mol. The molecule has 0 aromatic rings. The Balaban J connectivity index is 1.95. The van der Waals surface area contributed by atoms with Gasteiger partial charge in [-0.1, -0.05) is 0 Å². The molecule has 2 atom stereocenters. The molecule has 78 valence electrons. The summed E-state index contributed by atoms with van der Waals surface area (Å²) < 4.78 is 5.11. The van der Waals surface area contributed by atoms with Crippen LogP contribution in [-0.2, 0) is 14.3 Å². The lowest BCUT2D eigenvalue weighted by molar-refractivity contribution is -0.152. The summed E-state index contributed by atoms with van der Waals surface area (Å²) in [5, 5.41) is 0. The highest BCUT2D eigenvalue weighted by Gasteiger charge is 2.37. The number of ether oxygens (including phenoxy) is 1. The van der Waals surface area contributed by atoms with Gasteiger partial charge in [0.05, 0.1) is 6.54 Å². The maximum Gasteiger partial charge on any atom is 0.302 e. The number of piperidine rings is 1. The summed E-state index contributed by atoms with van der Waals surface area (Å²) in [6.45, 7) is 2.01. The minimum Gasteiger partial charge on any atom is -0.461 e. The summed E-state index contributed by atoms with van der Waals surface area (Å²) in [6.07, 6.45) is 3.44. The highest BCUT2D eigenvalue weighted by atomic mass is 16.5. The predicted octanol–water partition coefficient (Wildman–Crippen LogP) is 0.703. The minimum atomic E-state index is -0.250. The normalized spacial score (nSPS) is 31.5. The number of nitrogens with zero attached hydrogens (tertiary/aromatic N) is 1. The molecule has 4 nitrogen and oxygen atoms in total. The van der Waals surface area contributed by atoms with Gasteiger partial charge in [0.2, 0.25) is 5.91 Å². The second-order valence-electron chi connectivity index (χ2n) is 4.05. The zero-order valence-corrected chi connectivity index (χ0v) is 8.36. The van der Waals surface area contributed by atoms with Crippen molar-refractivity contribution in [1.82, 2.24) is 4.90 Å². The van der Waals surface area contributed by atoms with Crippen molar-refractivity contribution in [3.63, 3.8) is 0 Å². The van der Waals surface area contributed by atoms with Gasteiger partial charge in [-0.2, -0.15) is 0 Å². The molecule has 0 bridgehead atoms. The first-order valence-corrected chi connectivity index (χ1v) is 5.13. The van der Waals surface area contributed by atoms with Crippen LogP contribution in [0.5, 0.6) is 0 Å². The Hall–Kier alpha value is -1.06. The molecule has 0 aliphatic carbocycles. The number of hydrogen-bond donors (Lipinski definition) is 0. The van der Waals surface area contributed by atoms with Crippen LogP contribution < -0.4 is 0 Å². The molecule has 0 aromatic carbocycles. The predicted molar refractivity (Wildman–Crippen MR) is 49.5 cm³/mol. The van der Waals surface area contributed by atoms with Crippen molar-refractivity contribution in [2.45, 2.75) is 44.8 Å². The number of hydrogen-bond acceptors (Lipinski definition) is 3. The average molecular weight is 197 g/mol. The molecule has 0 unspecified atom stereocenters. The van der Waals surface area contributed by atoms with Crippen LogP contribution in [0.15, 0.2) is 0 Å². The average Bonchev–Trinajstić information content (AvgIpc) is 2.47. The van der Waals surface area contributed by atoms with E-state index in [-0.39, 0.29) is 18.0 Å². The molecule has 14 heavy (non-hydrogen) atoms. The van der Waals surface area contributed by atoms with E-state index in [0.29, 0.717) is 19.0 Å². The van der Waals surface area contributed by atoms with Gasteiger partial charge in [-0.25, -0.2) is 0 Å². The molecule has 1 amide bonds. The molecular weight excluding hydrogens is 182 g/mol. The minimum absolute atomic E-state index is 0.0780. The van der Waals surface area contributed by atoms with Gasteiger partial charge >= 0.3 is 5.97 Å². The highest BCUT2D eigenvalue weighted by Crippen LogP contribution is 2.28. The molecule has 2 aliphatic heterocycles. The van der Waals surface area contributed by atoms with E-state index in [1.54, 1.807) is 0 Å². The number of esters is 1. The smallest absolute Gasteiger partial charge is 0.302 e. The van der Waals surface area contributed by atoms with E-state index in [0.717, 1.165) is 19.3 Å². The van der Waals surface area contributed by atoms with Crippen LogP contribution >= 0.6 is 0 Å². The van der Waals surface area contributed by atoms with Gasteiger partial charge in [0.25, 0.3) is 0 Å². The summed E-state index contributed by atoms with van der Waals surface area (Å²) in [4.78, 5) is 24.1. The summed E-state index contributed by atoms with van der Waals surface area (Å²) in [5.41, 5.74) is 0. The number of rotatable bonds is 1. The largest absolute Gasteiger partial charge is 0.461 e. The number of carbonyl (C=O) groups excluding carboxylic acids is 2. The quantitative estimate of drug-likeness (QED) is 0.581. The van der Waals surface area contributed by atoms with Crippen LogP contribution in [0.2, 0.25) is 0 Å². The van der Waals surface area contributed by atoms with Gasteiger partial charge < -0.3 is 9.64 Å². The van der Waals surface area contributed by atoms with Gasteiger partial charge in [-0.15, -0.1) is 0 Å². The molecule has 0 aromatic heterocycles. The van der Waals surface area contributed by atoms with E-state index in [9.17, 15) is 9.59 Å². The summed E-state index contributed by atoms with van der Waals surface area (Å²) in [6, 6.07) is 0.411. The Bertz CT molecular complexity index is 264. The molecule has 0 N–H and O–H groups in total. The van der Waals surface area contributed by atoms with Gasteiger partial charge in [-0.05, 0) is 19.3 Å². The first-order valence-electron chi connectivity index (χ1n) is 5.13. The van der Waals surface area contributed by atoms with Crippen LogP contribution in [0.25, 0.3) is 0 Å². The van der Waals surface area contributed by atoms with Crippen molar-refractivity contribution in [1.29, 1.82) is 0 Å². The number of fused-ring (bicyclic) bond motifs is 1. The second-order valence-corrected chi connectivity index (χ2v) is 4.05. The van der Waals surface area contributed by atoms with Crippen molar-refractivity contribution < 1.29 is 14.3 Å². The van der Waals surface area contributed by atoms with Crippen molar-refractivity contribution in [3.8, 4) is 0 Å². The highest BCUT2D eigenvalue weighted by molar-refractivity contribution is 5.79. The van der Waals surface area contributed by atoms with Crippen LogP contribution in [0.4, 0.5) is 0 Å². The van der Waals surface area contributed by atoms with Crippen molar-refractivity contribution in [3.05, 3.63) is 0 Å². The fraction of sp³-hybridized carbons (Fsp3) is 0.800. The lowest BCUT2D eigenvalue weighted by Gasteiger charge is -2.34. The topological polar surface area (TPSA) is 46.6 Å². The summed E-state index contributed by atoms with van der Waals surface area (Å²) >= 11 is 0. The van der Waals surface area contributed by atoms with E-state index in [4.69, 9.17) is 4.74 Å². The molecular formula is C10H15NO3. The van der Waals surface area contributed by atoms with E-state index in [1.165, 1.54) is 6.92 Å². The standard InChI is InChI=1S/C10H15NO3/c1-7(12)14-9-4-2-8-3-5-10(13)11(8)6-9/h8-9H,2-6H2,1H3/t8-,9+/m0/s1. The van der Waals surface area contributed by atoms with E-state index in [2.05, 4.69) is 0 Å². The van der Waals surface area contributed by atoms with Crippen LogP contribution in [-0.4, -0.2) is 35.5 Å². The third kappa shape index (κ3) is 1.74. The maximum absolute atomic E-state index is 11.4. The zero-order valence-electron chi connectivity index (χ0n) is 8.36. The second kappa shape index (κ2) is 3.59. The molecule has 2 heterocycles. The molecule has 0 saturated carbocycles. The van der Waals surface area contributed by atoms with Gasteiger partial charge in [0.1, 0.15) is 6.10 Å². The molecule has 4 heteroatoms. The van der Waals surface area contributed by atoms with Crippen LogP contribution in [0, 0.1) is 0 Å². The fourth-order valence-corrected chi connectivity index (χ4v) is 2.36. The van der Waals surface area contributed by atoms with Gasteiger partial charge in [-0.3, -0.25) is 9.59 Å². The zero-order chi connectivity index (χ0) is 10.1. The lowest BCUT2D eigenvalue weighted by Crippen LogP contribution is -2.45. The Morgan fingerprint density at radius 3 is 2.93 bits per heavy atom. The molecule has 0 spiro atoms. The summed E-state index contributed by atoms with van der Waals surface area (Å²) in [5.74, 6) is -0.0352. The molecule has 0 radical (unpaired) electrons. The van der Waals surface area contributed by atoms with E-state index in [1.807, 2.05) is 4.90 Å². The third-order valence-corrected chi connectivity index (χ3v) is 3.01. The SMILES string of the molecule is CC(=O)O[C@@H]1CC[C@H]2CCC(=O)N2C1. The first-order chi connectivity index (χ1) is 6.66. The first kappa shape index (κ1) is 9.49. The Kier molecular flexibility index (Phi) is 2.44. The van der Waals surface area contributed by atoms with Crippen molar-refractivity contribution >= 4 is 11.9 Å². The molecule has 2 aliphatic rings. The van der Waals surface area contributed by atoms with Crippen molar-refractivity contribution in [2.24, 2.45) is 0 Å². The summed E-state index contributed by atoms with van der Waals surface area (Å²) in [7, 11) is 0. The van der Waals surface area contributed by atoms with Crippen LogP contribution in [0.1, 0.15) is 32.6 Å². The van der Waals surface area contributed by atoms with Gasteiger partial charge in [0.15, 0.2) is 0 Å². The van der Waals surface area contributed by atoms with Crippen molar-refractivity contribution in [2.75, 3.05) is 6.54 Å². The number of amides is 1. The maximum atomic E-state index is 11.4. The van der Waals surface area contributed by atoms with E-state index >= 15 is 0 Å². The van der Waals surface area contributed by atoms with Gasteiger partial charge in [0, 0.05) is 19.4 Å². The molecule has 2 fully saturated rings. The lowest BCUT2D eigenvalue weighted by atomic mass is 10.0. The third-order valence-electron chi connectivity index (χ3n) is 3.01. The fourth-order valence-electron chi connectivity index (χ4n) is 2.36. The molecule has 2 saturated heterocycles. The Morgan fingerprint density at radius 2 is 2.21 bits per heavy atom. The molecule has 2 rings (SSSR count). The number of carbonyl (C=O) groups is 2. The Morgan fingerprint density at radius 1 is 1.43 bits per heavy atom. The van der Waals surface area contributed by atoms with E-state index < -0.39 is 0 Å².